The third-order valence-corrected chi connectivity index (χ3v) is 5.71. The van der Waals surface area contributed by atoms with Gasteiger partial charge in [0, 0.05) is 11.6 Å². The first kappa shape index (κ1) is 27.9. The summed E-state index contributed by atoms with van der Waals surface area (Å²) < 4.78 is 70.8. The number of nitrogens with zero attached hydrogens (tertiary/aromatic N) is 3. The monoisotopic (exact) mass is 545 g/mol. The number of amides is 2. The molecule has 0 aliphatic carbocycles. The lowest BCUT2D eigenvalue weighted by Crippen LogP contribution is -2.60. The molecule has 0 bridgehead atoms. The zero-order valence-corrected chi connectivity index (χ0v) is 19.9. The normalized spacial score (nSPS) is 13.2. The number of alkyl halides is 3. The Kier molecular flexibility index (Phi) is 8.08. The highest BCUT2D eigenvalue weighted by atomic mass is 35.5. The van der Waals surface area contributed by atoms with Crippen molar-refractivity contribution in [1.29, 1.82) is 0 Å². The van der Waals surface area contributed by atoms with Crippen LogP contribution in [0.25, 0.3) is 5.69 Å². The molecule has 0 fully saturated rings. The van der Waals surface area contributed by atoms with E-state index in [0.29, 0.717) is 15.6 Å². The number of hydrogen-bond acceptors (Lipinski definition) is 5. The highest BCUT2D eigenvalue weighted by Gasteiger charge is 2.55. The summed E-state index contributed by atoms with van der Waals surface area (Å²) in [5, 5.41) is 16.7. The van der Waals surface area contributed by atoms with Gasteiger partial charge in [-0.2, -0.15) is 18.3 Å². The fourth-order valence-electron chi connectivity index (χ4n) is 3.42. The molecule has 0 spiro atoms. The molecule has 37 heavy (non-hydrogen) atoms. The highest BCUT2D eigenvalue weighted by molar-refractivity contribution is 6.30. The van der Waals surface area contributed by atoms with Gasteiger partial charge in [-0.05, 0) is 37.3 Å². The van der Waals surface area contributed by atoms with Gasteiger partial charge in [-0.15, -0.1) is 0 Å². The standard InChI is InChI=1S/C23H21ClF5N5O3/c1-2-33(21(36)18-16(25)7-4-8-17(18)26)12-22(37,23(27,28)29)11-31-20(35)15-10-32-34(19(15)30)14-6-3-5-13(24)9-14/h3-10,37H,2,11-12,30H2,1H3,(H,31,35). The summed E-state index contributed by atoms with van der Waals surface area (Å²) in [4.78, 5) is 25.7. The first-order valence-electron chi connectivity index (χ1n) is 10.7. The Morgan fingerprint density at radius 3 is 2.35 bits per heavy atom. The smallest absolute Gasteiger partial charge is 0.383 e. The number of hydrogen-bond donors (Lipinski definition) is 3. The first-order chi connectivity index (χ1) is 17.3. The molecule has 198 valence electrons. The average Bonchev–Trinajstić information content (AvgIpc) is 3.21. The fraction of sp³-hybridized carbons (Fsp3) is 0.261. The average molecular weight is 546 g/mol. The summed E-state index contributed by atoms with van der Waals surface area (Å²) in [6.07, 6.45) is -4.33. The minimum absolute atomic E-state index is 0.212. The number of aliphatic hydroxyl groups is 1. The maximum atomic E-state index is 14.0. The lowest BCUT2D eigenvalue weighted by atomic mass is 10.0. The molecule has 0 radical (unpaired) electrons. The van der Waals surface area contributed by atoms with Gasteiger partial charge in [-0.25, -0.2) is 13.5 Å². The Balaban J connectivity index is 1.82. The number of nitrogen functional groups attached to an aromatic ring is 1. The van der Waals surface area contributed by atoms with Gasteiger partial charge in [0.05, 0.1) is 25.0 Å². The zero-order chi connectivity index (χ0) is 27.5. The number of carbonyl (C=O) groups is 2. The van der Waals surface area contributed by atoms with E-state index >= 15 is 0 Å². The Morgan fingerprint density at radius 1 is 1.16 bits per heavy atom. The van der Waals surface area contributed by atoms with E-state index in [-0.39, 0.29) is 11.4 Å². The molecule has 1 heterocycles. The molecule has 1 unspecified atom stereocenters. The van der Waals surface area contributed by atoms with Crippen molar-refractivity contribution in [2.24, 2.45) is 0 Å². The Morgan fingerprint density at radius 2 is 1.78 bits per heavy atom. The van der Waals surface area contributed by atoms with Gasteiger partial charge < -0.3 is 21.1 Å². The van der Waals surface area contributed by atoms with Crippen molar-refractivity contribution in [3.63, 3.8) is 0 Å². The van der Waals surface area contributed by atoms with Crippen molar-refractivity contribution in [3.8, 4) is 5.69 Å². The van der Waals surface area contributed by atoms with E-state index in [0.717, 1.165) is 29.1 Å². The minimum atomic E-state index is -5.35. The topological polar surface area (TPSA) is 113 Å². The van der Waals surface area contributed by atoms with Crippen molar-refractivity contribution in [2.45, 2.75) is 18.7 Å². The number of aromatic nitrogens is 2. The molecule has 4 N–H and O–H groups in total. The van der Waals surface area contributed by atoms with Crippen LogP contribution in [0.15, 0.2) is 48.7 Å². The molecular formula is C23H21ClF5N5O3. The summed E-state index contributed by atoms with van der Waals surface area (Å²) >= 11 is 5.93. The minimum Gasteiger partial charge on any atom is -0.383 e. The van der Waals surface area contributed by atoms with Crippen LogP contribution in [0.3, 0.4) is 0 Å². The third-order valence-electron chi connectivity index (χ3n) is 5.47. The van der Waals surface area contributed by atoms with E-state index < -0.39 is 60.4 Å². The molecule has 14 heteroatoms. The fourth-order valence-corrected chi connectivity index (χ4v) is 3.60. The summed E-state index contributed by atoms with van der Waals surface area (Å²) in [6.45, 7) is -1.99. The number of anilines is 1. The number of nitrogens with one attached hydrogen (secondary N) is 1. The van der Waals surface area contributed by atoms with Crippen molar-refractivity contribution in [3.05, 3.63) is 76.4 Å². The van der Waals surface area contributed by atoms with Crippen LogP contribution in [0, 0.1) is 11.6 Å². The van der Waals surface area contributed by atoms with Gasteiger partial charge in [0.1, 0.15) is 28.6 Å². The number of nitrogens with two attached hydrogens (primary N) is 1. The first-order valence-corrected chi connectivity index (χ1v) is 11.1. The van der Waals surface area contributed by atoms with Crippen LogP contribution in [-0.4, -0.2) is 63.0 Å². The van der Waals surface area contributed by atoms with E-state index in [1.807, 2.05) is 5.32 Å². The van der Waals surface area contributed by atoms with Gasteiger partial charge in [0.15, 0.2) is 5.60 Å². The Labute approximate surface area is 212 Å². The van der Waals surface area contributed by atoms with Crippen molar-refractivity contribution >= 4 is 29.2 Å². The molecule has 1 aromatic heterocycles. The molecule has 2 amide bonds. The number of rotatable bonds is 8. The van der Waals surface area contributed by atoms with Gasteiger partial charge in [-0.1, -0.05) is 23.7 Å². The quantitative estimate of drug-likeness (QED) is 0.375. The molecule has 2 aromatic carbocycles. The summed E-state index contributed by atoms with van der Waals surface area (Å²) in [5.41, 5.74) is 1.28. The maximum Gasteiger partial charge on any atom is 0.420 e. The molecule has 0 saturated carbocycles. The molecule has 1 atom stereocenters. The molecule has 0 aliphatic rings. The number of likely N-dealkylation sites (N-methyl/N-ethyl adjacent to an activating group) is 1. The van der Waals surface area contributed by atoms with Gasteiger partial charge in [0.2, 0.25) is 0 Å². The Hall–Kier alpha value is -3.71. The van der Waals surface area contributed by atoms with Crippen molar-refractivity contribution < 1.29 is 36.6 Å². The Bertz CT molecular complexity index is 1300. The second kappa shape index (κ2) is 10.7. The van der Waals surface area contributed by atoms with E-state index in [4.69, 9.17) is 17.3 Å². The van der Waals surface area contributed by atoms with Gasteiger partial charge in [-0.3, -0.25) is 9.59 Å². The van der Waals surface area contributed by atoms with Crippen molar-refractivity contribution in [2.75, 3.05) is 25.4 Å². The molecule has 3 aromatic rings. The summed E-state index contributed by atoms with van der Waals surface area (Å²) in [6, 6.07) is 8.77. The van der Waals surface area contributed by atoms with Crippen molar-refractivity contribution in [1.82, 2.24) is 20.0 Å². The van der Waals surface area contributed by atoms with E-state index in [9.17, 15) is 36.6 Å². The molecule has 0 aliphatic heterocycles. The van der Waals surface area contributed by atoms with Crippen LogP contribution in [0.2, 0.25) is 5.02 Å². The van der Waals surface area contributed by atoms with E-state index in [1.54, 1.807) is 18.2 Å². The molecular weight excluding hydrogens is 525 g/mol. The summed E-state index contributed by atoms with van der Waals surface area (Å²) in [5.74, 6) is -5.27. The molecule has 3 rings (SSSR count). The lowest BCUT2D eigenvalue weighted by Gasteiger charge is -2.35. The second-order valence-corrected chi connectivity index (χ2v) is 8.40. The third kappa shape index (κ3) is 5.83. The predicted molar refractivity (Wildman–Crippen MR) is 124 cm³/mol. The lowest BCUT2D eigenvalue weighted by molar-refractivity contribution is -0.259. The van der Waals surface area contributed by atoms with E-state index in [1.165, 1.54) is 13.0 Å². The van der Waals surface area contributed by atoms with Gasteiger partial charge >= 0.3 is 6.18 Å². The largest absolute Gasteiger partial charge is 0.420 e. The van der Waals surface area contributed by atoms with Crippen LogP contribution >= 0.6 is 11.6 Å². The van der Waals surface area contributed by atoms with Crippen LogP contribution < -0.4 is 11.1 Å². The number of halogens is 6. The van der Waals surface area contributed by atoms with Crippen LogP contribution in [0.5, 0.6) is 0 Å². The van der Waals surface area contributed by atoms with Crippen LogP contribution in [0.1, 0.15) is 27.6 Å². The maximum absolute atomic E-state index is 14.0. The zero-order valence-electron chi connectivity index (χ0n) is 19.2. The van der Waals surface area contributed by atoms with Crippen LogP contribution in [-0.2, 0) is 0 Å². The predicted octanol–water partition coefficient (Wildman–Crippen LogP) is 3.57. The second-order valence-electron chi connectivity index (χ2n) is 7.96. The van der Waals surface area contributed by atoms with Gasteiger partial charge in [0.25, 0.3) is 11.8 Å². The molecule has 8 nitrogen and oxygen atoms in total. The number of benzene rings is 2. The van der Waals surface area contributed by atoms with E-state index in [2.05, 4.69) is 5.10 Å². The van der Waals surface area contributed by atoms with Crippen LogP contribution in [0.4, 0.5) is 27.8 Å². The SMILES string of the molecule is CCN(CC(O)(CNC(=O)c1cnn(-c2cccc(Cl)c2)c1N)C(F)(F)F)C(=O)c1c(F)cccc1F. The number of carbonyl (C=O) groups excluding carboxylic acids is 2. The molecule has 0 saturated heterocycles. The summed E-state index contributed by atoms with van der Waals surface area (Å²) in [7, 11) is 0. The highest BCUT2D eigenvalue weighted by Crippen LogP contribution is 2.32.